The second-order valence-corrected chi connectivity index (χ2v) is 8.03. The van der Waals surface area contributed by atoms with Crippen molar-refractivity contribution in [1.29, 1.82) is 0 Å². The van der Waals surface area contributed by atoms with E-state index in [9.17, 15) is 9.59 Å². The molecule has 1 atom stereocenters. The zero-order valence-electron chi connectivity index (χ0n) is 13.8. The smallest absolute Gasteiger partial charge is 0.303 e. The maximum absolute atomic E-state index is 12.6. The normalized spacial score (nSPS) is 18.2. The first-order chi connectivity index (χ1) is 11.0. The third kappa shape index (κ3) is 5.57. The summed E-state index contributed by atoms with van der Waals surface area (Å²) in [5, 5.41) is 9.32. The molecule has 0 aromatic heterocycles. The van der Waals surface area contributed by atoms with Gasteiger partial charge in [0, 0.05) is 35.2 Å². The molecule has 1 N–H and O–H groups in total. The number of hydrogen-bond acceptors (Lipinski definition) is 3. The van der Waals surface area contributed by atoms with Gasteiger partial charge in [0.2, 0.25) is 0 Å². The minimum atomic E-state index is -0.758. The molecule has 1 unspecified atom stereocenters. The highest BCUT2D eigenvalue weighted by atomic mass is 32.2. The molecule has 23 heavy (non-hydrogen) atoms. The van der Waals surface area contributed by atoms with Crippen molar-refractivity contribution in [2.24, 2.45) is 5.92 Å². The Hall–Kier alpha value is -1.49. The van der Waals surface area contributed by atoms with Crippen molar-refractivity contribution in [2.45, 2.75) is 49.7 Å². The SMILES string of the molecule is CC(C)Sc1ccc(C(=O)N2CCCC(CCC(=O)O)C2)cc1. The van der Waals surface area contributed by atoms with Crippen LogP contribution in [0.15, 0.2) is 29.2 Å². The molecule has 1 saturated heterocycles. The zero-order valence-corrected chi connectivity index (χ0v) is 14.6. The van der Waals surface area contributed by atoms with Gasteiger partial charge in [-0.1, -0.05) is 13.8 Å². The molecule has 1 aromatic rings. The van der Waals surface area contributed by atoms with Crippen molar-refractivity contribution in [3.05, 3.63) is 29.8 Å². The van der Waals surface area contributed by atoms with E-state index in [0.717, 1.165) is 24.9 Å². The Morgan fingerprint density at radius 2 is 2.00 bits per heavy atom. The summed E-state index contributed by atoms with van der Waals surface area (Å²) in [6.07, 6.45) is 2.81. The summed E-state index contributed by atoms with van der Waals surface area (Å²) in [5.41, 5.74) is 0.719. The maximum Gasteiger partial charge on any atom is 0.303 e. The second kappa shape index (κ2) is 8.39. The quantitative estimate of drug-likeness (QED) is 0.801. The summed E-state index contributed by atoms with van der Waals surface area (Å²) in [7, 11) is 0. The monoisotopic (exact) mass is 335 g/mol. The van der Waals surface area contributed by atoms with Crippen molar-refractivity contribution in [3.63, 3.8) is 0 Å². The minimum absolute atomic E-state index is 0.0612. The molecule has 0 aliphatic carbocycles. The number of carboxylic acids is 1. The molecule has 0 bridgehead atoms. The summed E-state index contributed by atoms with van der Waals surface area (Å²) in [6.45, 7) is 5.74. The predicted octanol–water partition coefficient (Wildman–Crippen LogP) is 3.90. The average Bonchev–Trinajstić information content (AvgIpc) is 2.53. The third-order valence-corrected chi connectivity index (χ3v) is 5.06. The number of amides is 1. The molecule has 4 nitrogen and oxygen atoms in total. The lowest BCUT2D eigenvalue weighted by Crippen LogP contribution is -2.40. The number of likely N-dealkylation sites (tertiary alicyclic amines) is 1. The lowest BCUT2D eigenvalue weighted by Gasteiger charge is -2.32. The molecule has 0 spiro atoms. The number of aliphatic carboxylic acids is 1. The number of piperidine rings is 1. The fourth-order valence-electron chi connectivity index (χ4n) is 2.94. The Balaban J connectivity index is 1.94. The molecule has 126 valence electrons. The van der Waals surface area contributed by atoms with E-state index in [4.69, 9.17) is 5.11 Å². The van der Waals surface area contributed by atoms with Gasteiger partial charge in [0.15, 0.2) is 0 Å². The van der Waals surface area contributed by atoms with Crippen LogP contribution >= 0.6 is 11.8 Å². The molecule has 5 heteroatoms. The number of carbonyl (C=O) groups excluding carboxylic acids is 1. The van der Waals surface area contributed by atoms with Gasteiger partial charge in [0.25, 0.3) is 5.91 Å². The van der Waals surface area contributed by atoms with Gasteiger partial charge in [-0.15, -0.1) is 11.8 Å². The van der Waals surface area contributed by atoms with Crippen LogP contribution in [0.3, 0.4) is 0 Å². The van der Waals surface area contributed by atoms with Crippen LogP contribution in [0.2, 0.25) is 0 Å². The van der Waals surface area contributed by atoms with Gasteiger partial charge in [-0.05, 0) is 49.4 Å². The number of carbonyl (C=O) groups is 2. The van der Waals surface area contributed by atoms with Crippen LogP contribution in [-0.4, -0.2) is 40.2 Å². The maximum atomic E-state index is 12.6. The standard InChI is InChI=1S/C18H25NO3S/c1-13(2)23-16-8-6-15(7-9-16)18(22)19-11-3-4-14(12-19)5-10-17(20)21/h6-9,13-14H,3-5,10-12H2,1-2H3,(H,20,21). The summed E-state index contributed by atoms with van der Waals surface area (Å²) in [4.78, 5) is 26.4. The molecule has 1 amide bonds. The Labute approximate surface area is 142 Å². The van der Waals surface area contributed by atoms with E-state index in [1.165, 1.54) is 4.90 Å². The fraction of sp³-hybridized carbons (Fsp3) is 0.556. The number of thioether (sulfide) groups is 1. The van der Waals surface area contributed by atoms with Gasteiger partial charge in [-0.3, -0.25) is 9.59 Å². The highest BCUT2D eigenvalue weighted by molar-refractivity contribution is 7.99. The van der Waals surface area contributed by atoms with Gasteiger partial charge >= 0.3 is 5.97 Å². The number of nitrogens with zero attached hydrogens (tertiary/aromatic N) is 1. The first kappa shape index (κ1) is 17.9. The van der Waals surface area contributed by atoms with Crippen LogP contribution in [0.4, 0.5) is 0 Å². The molecule has 1 fully saturated rings. The van der Waals surface area contributed by atoms with Crippen molar-refractivity contribution in [1.82, 2.24) is 4.90 Å². The summed E-state index contributed by atoms with van der Waals surface area (Å²) in [6, 6.07) is 7.80. The summed E-state index contributed by atoms with van der Waals surface area (Å²) < 4.78 is 0. The fourth-order valence-corrected chi connectivity index (χ4v) is 3.78. The molecular weight excluding hydrogens is 310 g/mol. The lowest BCUT2D eigenvalue weighted by molar-refractivity contribution is -0.137. The highest BCUT2D eigenvalue weighted by Crippen LogP contribution is 2.25. The van der Waals surface area contributed by atoms with Gasteiger partial charge in [0.05, 0.1) is 0 Å². The number of rotatable bonds is 6. The largest absolute Gasteiger partial charge is 0.481 e. The van der Waals surface area contributed by atoms with Crippen LogP contribution in [0.1, 0.15) is 49.9 Å². The van der Waals surface area contributed by atoms with Gasteiger partial charge in [-0.25, -0.2) is 0 Å². The van der Waals surface area contributed by atoms with Crippen molar-refractivity contribution < 1.29 is 14.7 Å². The number of hydrogen-bond donors (Lipinski definition) is 1. The highest BCUT2D eigenvalue weighted by Gasteiger charge is 2.24. The van der Waals surface area contributed by atoms with E-state index in [0.29, 0.717) is 24.1 Å². The molecule has 2 rings (SSSR count). The molecule has 0 saturated carbocycles. The molecule has 1 heterocycles. The number of carboxylic acid groups (broad SMARTS) is 1. The van der Waals surface area contributed by atoms with Crippen molar-refractivity contribution in [2.75, 3.05) is 13.1 Å². The summed E-state index contributed by atoms with van der Waals surface area (Å²) >= 11 is 1.78. The third-order valence-electron chi connectivity index (χ3n) is 4.05. The second-order valence-electron chi connectivity index (χ2n) is 6.38. The van der Waals surface area contributed by atoms with E-state index in [1.807, 2.05) is 29.2 Å². The average molecular weight is 335 g/mol. The summed E-state index contributed by atoms with van der Waals surface area (Å²) in [5.74, 6) is -0.391. The lowest BCUT2D eigenvalue weighted by atomic mass is 9.93. The Morgan fingerprint density at radius 3 is 2.61 bits per heavy atom. The molecule has 1 aromatic carbocycles. The Morgan fingerprint density at radius 1 is 1.30 bits per heavy atom. The van der Waals surface area contributed by atoms with Crippen molar-refractivity contribution >= 4 is 23.6 Å². The van der Waals surface area contributed by atoms with E-state index < -0.39 is 5.97 Å². The van der Waals surface area contributed by atoms with Gasteiger partial charge in [0.1, 0.15) is 0 Å². The molecule has 1 aliphatic heterocycles. The minimum Gasteiger partial charge on any atom is -0.481 e. The van der Waals surface area contributed by atoms with E-state index in [2.05, 4.69) is 13.8 Å². The van der Waals surface area contributed by atoms with Gasteiger partial charge in [-0.2, -0.15) is 0 Å². The van der Waals surface area contributed by atoms with Crippen LogP contribution < -0.4 is 0 Å². The first-order valence-electron chi connectivity index (χ1n) is 8.23. The van der Waals surface area contributed by atoms with Gasteiger partial charge < -0.3 is 10.0 Å². The van der Waals surface area contributed by atoms with Crippen LogP contribution in [0.5, 0.6) is 0 Å². The number of benzene rings is 1. The van der Waals surface area contributed by atoms with Crippen molar-refractivity contribution in [3.8, 4) is 0 Å². The molecule has 0 radical (unpaired) electrons. The van der Waals surface area contributed by atoms with Crippen LogP contribution in [0, 0.1) is 5.92 Å². The van der Waals surface area contributed by atoms with Crippen LogP contribution in [0.25, 0.3) is 0 Å². The van der Waals surface area contributed by atoms with E-state index in [1.54, 1.807) is 11.8 Å². The van der Waals surface area contributed by atoms with E-state index >= 15 is 0 Å². The van der Waals surface area contributed by atoms with E-state index in [-0.39, 0.29) is 12.3 Å². The Bertz CT molecular complexity index is 542. The van der Waals surface area contributed by atoms with Crippen LogP contribution in [-0.2, 0) is 4.79 Å². The predicted molar refractivity (Wildman–Crippen MR) is 92.9 cm³/mol. The topological polar surface area (TPSA) is 57.6 Å². The molecule has 1 aliphatic rings. The first-order valence-corrected chi connectivity index (χ1v) is 9.11. The Kier molecular flexibility index (Phi) is 6.51. The zero-order chi connectivity index (χ0) is 16.8. The molecular formula is C18H25NO3S.